The highest BCUT2D eigenvalue weighted by atomic mass is 79.9. The fraction of sp³-hybridized carbons (Fsp3) is 0.143. The summed E-state index contributed by atoms with van der Waals surface area (Å²) in [6, 6.07) is 17.0. The summed E-state index contributed by atoms with van der Waals surface area (Å²) in [6.07, 6.45) is 1.57. The number of hydrogen-bond donors (Lipinski definition) is 1. The lowest BCUT2D eigenvalue weighted by Crippen LogP contribution is -2.24. The molecule has 0 saturated carbocycles. The number of hydrazone groups is 1. The van der Waals surface area contributed by atoms with Gasteiger partial charge in [-0.3, -0.25) is 4.79 Å². The van der Waals surface area contributed by atoms with Crippen LogP contribution < -0.4 is 19.6 Å². The van der Waals surface area contributed by atoms with Crippen LogP contribution in [-0.2, 0) is 4.79 Å². The third kappa shape index (κ3) is 4.61. The first-order chi connectivity index (χ1) is 13.6. The Hall–Kier alpha value is -3.06. The minimum absolute atomic E-state index is 0.172. The summed E-state index contributed by atoms with van der Waals surface area (Å²) in [5, 5.41) is 6.09. The molecule has 0 bridgehead atoms. The maximum atomic E-state index is 12.0. The molecular weight excluding hydrogens is 424 g/mol. The van der Waals surface area contributed by atoms with Gasteiger partial charge >= 0.3 is 0 Å². The van der Waals surface area contributed by atoms with Gasteiger partial charge in [-0.2, -0.15) is 5.10 Å². The number of hydrogen-bond acceptors (Lipinski definition) is 5. The molecule has 0 aliphatic carbocycles. The number of fused-ring (bicyclic) bond motifs is 1. The second kappa shape index (κ2) is 9.23. The van der Waals surface area contributed by atoms with Crippen LogP contribution in [0.4, 0.5) is 0 Å². The molecule has 144 valence electrons. The molecule has 0 saturated heterocycles. The zero-order valence-corrected chi connectivity index (χ0v) is 17.0. The van der Waals surface area contributed by atoms with Crippen molar-refractivity contribution in [3.8, 4) is 17.2 Å². The second-order valence-corrected chi connectivity index (χ2v) is 6.64. The van der Waals surface area contributed by atoms with Crippen LogP contribution in [0.3, 0.4) is 0 Å². The molecule has 0 aromatic heterocycles. The van der Waals surface area contributed by atoms with E-state index in [-0.39, 0.29) is 12.5 Å². The molecule has 0 unspecified atom stereocenters. The van der Waals surface area contributed by atoms with Crippen LogP contribution in [0, 0.1) is 0 Å². The largest absolute Gasteiger partial charge is 0.497 e. The van der Waals surface area contributed by atoms with Crippen LogP contribution in [0.1, 0.15) is 5.56 Å². The molecule has 0 fully saturated rings. The first kappa shape index (κ1) is 19.7. The third-order valence-corrected chi connectivity index (χ3v) is 4.65. The zero-order chi connectivity index (χ0) is 19.9. The van der Waals surface area contributed by atoms with Crippen molar-refractivity contribution in [2.45, 2.75) is 0 Å². The van der Waals surface area contributed by atoms with E-state index in [0.29, 0.717) is 21.7 Å². The first-order valence-corrected chi connectivity index (χ1v) is 9.25. The van der Waals surface area contributed by atoms with Crippen LogP contribution in [-0.4, -0.2) is 32.9 Å². The highest BCUT2D eigenvalue weighted by Crippen LogP contribution is 2.29. The van der Waals surface area contributed by atoms with Gasteiger partial charge in [0, 0.05) is 5.56 Å². The maximum Gasteiger partial charge on any atom is 0.277 e. The maximum absolute atomic E-state index is 12.0. The molecule has 0 radical (unpaired) electrons. The van der Waals surface area contributed by atoms with Gasteiger partial charge in [-0.1, -0.05) is 30.3 Å². The van der Waals surface area contributed by atoms with Gasteiger partial charge in [-0.05, 0) is 51.0 Å². The summed E-state index contributed by atoms with van der Waals surface area (Å²) >= 11 is 3.38. The van der Waals surface area contributed by atoms with Crippen molar-refractivity contribution in [2.75, 3.05) is 20.8 Å². The molecule has 0 heterocycles. The van der Waals surface area contributed by atoms with E-state index in [4.69, 9.17) is 14.2 Å². The average Bonchev–Trinajstić information content (AvgIpc) is 2.72. The average molecular weight is 443 g/mol. The van der Waals surface area contributed by atoms with Crippen LogP contribution >= 0.6 is 15.9 Å². The smallest absolute Gasteiger partial charge is 0.277 e. The van der Waals surface area contributed by atoms with Gasteiger partial charge in [0.05, 0.1) is 24.9 Å². The lowest BCUT2D eigenvalue weighted by molar-refractivity contribution is -0.123. The number of nitrogens with zero attached hydrogens (tertiary/aromatic N) is 1. The van der Waals surface area contributed by atoms with Crippen molar-refractivity contribution in [2.24, 2.45) is 5.10 Å². The van der Waals surface area contributed by atoms with Crippen molar-refractivity contribution < 1.29 is 19.0 Å². The summed E-state index contributed by atoms with van der Waals surface area (Å²) in [4.78, 5) is 12.0. The number of carbonyl (C=O) groups is 1. The standard InChI is InChI=1S/C21H19BrN2O4/c1-26-15-8-10-20(18(22)11-15)28-13-21(25)24-23-12-17-16-6-4-3-5-14(16)7-9-19(17)27-2/h3-12H,13H2,1-2H3,(H,24,25)/b23-12+. The van der Waals surface area contributed by atoms with E-state index < -0.39 is 0 Å². The topological polar surface area (TPSA) is 69.2 Å². The fourth-order valence-corrected chi connectivity index (χ4v) is 3.13. The first-order valence-electron chi connectivity index (χ1n) is 8.46. The number of rotatable bonds is 7. The van der Waals surface area contributed by atoms with E-state index in [0.717, 1.165) is 16.3 Å². The van der Waals surface area contributed by atoms with Crippen molar-refractivity contribution in [1.29, 1.82) is 0 Å². The van der Waals surface area contributed by atoms with E-state index in [2.05, 4.69) is 26.5 Å². The summed E-state index contributed by atoms with van der Waals surface area (Å²) in [6.45, 7) is -0.172. The molecule has 3 aromatic carbocycles. The fourth-order valence-electron chi connectivity index (χ4n) is 2.66. The Balaban J connectivity index is 1.65. The molecule has 6 nitrogen and oxygen atoms in total. The Morgan fingerprint density at radius 3 is 2.61 bits per heavy atom. The van der Waals surface area contributed by atoms with Crippen LogP contribution in [0.2, 0.25) is 0 Å². The monoisotopic (exact) mass is 442 g/mol. The molecule has 0 spiro atoms. The molecule has 0 aliphatic heterocycles. The molecule has 1 N–H and O–H groups in total. The van der Waals surface area contributed by atoms with Crippen molar-refractivity contribution in [3.63, 3.8) is 0 Å². The van der Waals surface area contributed by atoms with Gasteiger partial charge < -0.3 is 14.2 Å². The van der Waals surface area contributed by atoms with Crippen molar-refractivity contribution in [3.05, 3.63) is 64.6 Å². The molecule has 3 rings (SSSR count). The number of amides is 1. The molecule has 1 amide bonds. The van der Waals surface area contributed by atoms with Crippen molar-refractivity contribution in [1.82, 2.24) is 5.43 Å². The van der Waals surface area contributed by atoms with Gasteiger partial charge in [0.25, 0.3) is 5.91 Å². The Kier molecular flexibility index (Phi) is 6.49. The zero-order valence-electron chi connectivity index (χ0n) is 15.4. The van der Waals surface area contributed by atoms with Gasteiger partial charge in [0.1, 0.15) is 17.2 Å². The lowest BCUT2D eigenvalue weighted by Gasteiger charge is -2.09. The predicted octanol–water partition coefficient (Wildman–Crippen LogP) is 4.15. The summed E-state index contributed by atoms with van der Waals surface area (Å²) < 4.78 is 16.7. The highest BCUT2D eigenvalue weighted by molar-refractivity contribution is 9.10. The Morgan fingerprint density at radius 2 is 1.86 bits per heavy atom. The number of carbonyl (C=O) groups excluding carboxylic acids is 1. The third-order valence-electron chi connectivity index (χ3n) is 4.03. The quantitative estimate of drug-likeness (QED) is 0.440. The number of methoxy groups -OCH3 is 2. The van der Waals surface area contributed by atoms with Crippen LogP contribution in [0.5, 0.6) is 17.2 Å². The minimum atomic E-state index is -0.377. The number of ether oxygens (including phenoxy) is 3. The molecule has 28 heavy (non-hydrogen) atoms. The number of halogens is 1. The molecule has 0 aliphatic rings. The summed E-state index contributed by atoms with van der Waals surface area (Å²) in [5.41, 5.74) is 3.26. The van der Waals surface area contributed by atoms with Crippen LogP contribution in [0.25, 0.3) is 10.8 Å². The van der Waals surface area contributed by atoms with E-state index in [1.807, 2.05) is 36.4 Å². The summed E-state index contributed by atoms with van der Waals surface area (Å²) in [5.74, 6) is 1.53. The van der Waals surface area contributed by atoms with Crippen molar-refractivity contribution >= 4 is 38.8 Å². The lowest BCUT2D eigenvalue weighted by atomic mass is 10.0. The predicted molar refractivity (Wildman–Crippen MR) is 112 cm³/mol. The second-order valence-electron chi connectivity index (χ2n) is 5.78. The Morgan fingerprint density at radius 1 is 1.07 bits per heavy atom. The Labute approximate surface area is 171 Å². The normalized spacial score (nSPS) is 10.8. The van der Waals surface area contributed by atoms with E-state index in [1.54, 1.807) is 38.6 Å². The molecule has 7 heteroatoms. The van der Waals surface area contributed by atoms with E-state index in [1.165, 1.54) is 0 Å². The van der Waals surface area contributed by atoms with Gasteiger partial charge in [0.15, 0.2) is 6.61 Å². The molecule has 3 aromatic rings. The Bertz CT molecular complexity index is 1020. The van der Waals surface area contributed by atoms with E-state index >= 15 is 0 Å². The van der Waals surface area contributed by atoms with E-state index in [9.17, 15) is 4.79 Å². The van der Waals surface area contributed by atoms with Gasteiger partial charge in [-0.15, -0.1) is 0 Å². The van der Waals surface area contributed by atoms with Gasteiger partial charge in [0.2, 0.25) is 0 Å². The molecular formula is C21H19BrN2O4. The number of benzene rings is 3. The highest BCUT2D eigenvalue weighted by Gasteiger charge is 2.08. The van der Waals surface area contributed by atoms with Gasteiger partial charge in [-0.25, -0.2) is 5.43 Å². The number of nitrogens with one attached hydrogen (secondary N) is 1. The molecule has 0 atom stereocenters. The minimum Gasteiger partial charge on any atom is -0.497 e. The van der Waals surface area contributed by atoms with Crippen LogP contribution in [0.15, 0.2) is 64.2 Å². The summed E-state index contributed by atoms with van der Waals surface area (Å²) in [7, 11) is 3.18. The SMILES string of the molecule is COc1ccc(OCC(=O)N/N=C/c2c(OC)ccc3ccccc23)c(Br)c1.